The third-order valence-corrected chi connectivity index (χ3v) is 4.22. The van der Waals surface area contributed by atoms with E-state index in [-0.39, 0.29) is 11.9 Å². The summed E-state index contributed by atoms with van der Waals surface area (Å²) in [5.74, 6) is 1.25. The number of rotatable bonds is 7. The maximum atomic E-state index is 12.7. The first kappa shape index (κ1) is 18.0. The van der Waals surface area contributed by atoms with Crippen LogP contribution in [0, 0.1) is 0 Å². The van der Waals surface area contributed by atoms with E-state index in [9.17, 15) is 4.79 Å². The van der Waals surface area contributed by atoms with Gasteiger partial charge in [-0.15, -0.1) is 0 Å². The standard InChI is InChI=1S/C19H24N4O3/c1-5-25-15-8-6-7-13-9-16(26-18(13)15)12(2)22-19(24)17(20-3)14-10-21-23(4)11-14/h6-12,17,20H,5H2,1-4H3,(H,22,24). The average Bonchev–Trinajstić information content (AvgIpc) is 3.23. The minimum absolute atomic E-state index is 0.140. The number of carbonyl (C=O) groups excluding carboxylic acids is 1. The van der Waals surface area contributed by atoms with Crippen molar-refractivity contribution in [2.75, 3.05) is 13.7 Å². The molecule has 2 N–H and O–H groups in total. The number of ether oxygens (including phenoxy) is 1. The van der Waals surface area contributed by atoms with Crippen molar-refractivity contribution in [3.63, 3.8) is 0 Å². The van der Waals surface area contributed by atoms with Crippen LogP contribution in [0.25, 0.3) is 11.0 Å². The Morgan fingerprint density at radius 3 is 2.88 bits per heavy atom. The third kappa shape index (κ3) is 3.57. The molecule has 0 radical (unpaired) electrons. The molecule has 2 unspecified atom stereocenters. The summed E-state index contributed by atoms with van der Waals surface area (Å²) in [6.07, 6.45) is 3.50. The molecule has 0 aliphatic rings. The van der Waals surface area contributed by atoms with Crippen LogP contribution in [-0.4, -0.2) is 29.3 Å². The topological polar surface area (TPSA) is 81.3 Å². The largest absolute Gasteiger partial charge is 0.490 e. The molecule has 1 aromatic carbocycles. The molecule has 26 heavy (non-hydrogen) atoms. The second-order valence-corrected chi connectivity index (χ2v) is 6.16. The van der Waals surface area contributed by atoms with Crippen LogP contribution in [-0.2, 0) is 11.8 Å². The van der Waals surface area contributed by atoms with E-state index >= 15 is 0 Å². The molecule has 7 heteroatoms. The van der Waals surface area contributed by atoms with Crippen molar-refractivity contribution in [3.05, 3.63) is 48.0 Å². The number of para-hydroxylation sites is 1. The number of aromatic nitrogens is 2. The SMILES string of the molecule is CCOc1cccc2cc(C(C)NC(=O)C(NC)c3cnn(C)c3)oc12. The number of fused-ring (bicyclic) bond motifs is 1. The zero-order valence-corrected chi connectivity index (χ0v) is 15.4. The Morgan fingerprint density at radius 2 is 2.23 bits per heavy atom. The zero-order valence-electron chi connectivity index (χ0n) is 15.4. The maximum absolute atomic E-state index is 12.7. The van der Waals surface area contributed by atoms with E-state index in [1.165, 1.54) is 0 Å². The van der Waals surface area contributed by atoms with Crippen LogP contribution in [0.4, 0.5) is 0 Å². The molecule has 0 saturated carbocycles. The number of aryl methyl sites for hydroxylation is 1. The van der Waals surface area contributed by atoms with Crippen LogP contribution in [0.15, 0.2) is 41.1 Å². The van der Waals surface area contributed by atoms with Gasteiger partial charge in [0.05, 0.1) is 18.8 Å². The number of hydrogen-bond donors (Lipinski definition) is 2. The predicted octanol–water partition coefficient (Wildman–Crippen LogP) is 2.70. The van der Waals surface area contributed by atoms with Gasteiger partial charge in [0, 0.05) is 24.2 Å². The number of nitrogens with one attached hydrogen (secondary N) is 2. The molecule has 3 rings (SSSR count). The van der Waals surface area contributed by atoms with Gasteiger partial charge in [0.15, 0.2) is 11.3 Å². The quantitative estimate of drug-likeness (QED) is 0.680. The highest BCUT2D eigenvalue weighted by Gasteiger charge is 2.23. The van der Waals surface area contributed by atoms with Crippen LogP contribution < -0.4 is 15.4 Å². The fraction of sp³-hybridized carbons (Fsp3) is 0.368. The number of amides is 1. The van der Waals surface area contributed by atoms with Gasteiger partial charge in [-0.05, 0) is 33.0 Å². The minimum Gasteiger partial charge on any atom is -0.490 e. The second-order valence-electron chi connectivity index (χ2n) is 6.16. The van der Waals surface area contributed by atoms with Gasteiger partial charge < -0.3 is 19.8 Å². The van der Waals surface area contributed by atoms with Crippen molar-refractivity contribution in [3.8, 4) is 5.75 Å². The lowest BCUT2D eigenvalue weighted by Crippen LogP contribution is -2.37. The number of hydrogen-bond acceptors (Lipinski definition) is 5. The van der Waals surface area contributed by atoms with Crippen LogP contribution in [0.5, 0.6) is 5.75 Å². The molecule has 0 aliphatic carbocycles. The number of likely N-dealkylation sites (N-methyl/N-ethyl adjacent to an activating group) is 1. The van der Waals surface area contributed by atoms with E-state index in [1.54, 1.807) is 17.9 Å². The molecule has 2 heterocycles. The van der Waals surface area contributed by atoms with Gasteiger partial charge in [-0.1, -0.05) is 12.1 Å². The van der Waals surface area contributed by atoms with Crippen molar-refractivity contribution >= 4 is 16.9 Å². The lowest BCUT2D eigenvalue weighted by Gasteiger charge is -2.17. The molecule has 0 aliphatic heterocycles. The number of carbonyl (C=O) groups is 1. The molecule has 1 amide bonds. The van der Waals surface area contributed by atoms with Crippen LogP contribution >= 0.6 is 0 Å². The third-order valence-electron chi connectivity index (χ3n) is 4.22. The van der Waals surface area contributed by atoms with Crippen LogP contribution in [0.3, 0.4) is 0 Å². The van der Waals surface area contributed by atoms with Crippen molar-refractivity contribution in [1.82, 2.24) is 20.4 Å². The fourth-order valence-corrected chi connectivity index (χ4v) is 2.95. The Labute approximate surface area is 152 Å². The van der Waals surface area contributed by atoms with E-state index in [2.05, 4.69) is 15.7 Å². The Morgan fingerprint density at radius 1 is 1.42 bits per heavy atom. The summed E-state index contributed by atoms with van der Waals surface area (Å²) in [5.41, 5.74) is 1.51. The minimum atomic E-state index is -0.477. The summed E-state index contributed by atoms with van der Waals surface area (Å²) in [5, 5.41) is 11.1. The highest BCUT2D eigenvalue weighted by atomic mass is 16.5. The van der Waals surface area contributed by atoms with Gasteiger partial charge in [-0.3, -0.25) is 9.48 Å². The first-order chi connectivity index (χ1) is 12.5. The zero-order chi connectivity index (χ0) is 18.7. The summed E-state index contributed by atoms with van der Waals surface area (Å²) in [6.45, 7) is 4.39. The summed E-state index contributed by atoms with van der Waals surface area (Å²) in [4.78, 5) is 12.7. The van der Waals surface area contributed by atoms with Crippen molar-refractivity contribution in [1.29, 1.82) is 0 Å². The lowest BCUT2D eigenvalue weighted by molar-refractivity contribution is -0.123. The van der Waals surface area contributed by atoms with Crippen LogP contribution in [0.1, 0.15) is 37.3 Å². The Bertz CT molecular complexity index is 899. The molecule has 138 valence electrons. The smallest absolute Gasteiger partial charge is 0.242 e. The Balaban J connectivity index is 1.78. The normalized spacial score (nSPS) is 13.5. The molecule has 0 spiro atoms. The van der Waals surface area contributed by atoms with E-state index in [0.717, 1.165) is 10.9 Å². The first-order valence-corrected chi connectivity index (χ1v) is 8.65. The van der Waals surface area contributed by atoms with Gasteiger partial charge in [-0.2, -0.15) is 5.10 Å². The maximum Gasteiger partial charge on any atom is 0.242 e. The summed E-state index contributed by atoms with van der Waals surface area (Å²) >= 11 is 0. The molecular formula is C19H24N4O3. The van der Waals surface area contributed by atoms with Gasteiger partial charge in [0.25, 0.3) is 0 Å². The molecule has 2 aromatic heterocycles. The number of furan rings is 1. The highest BCUT2D eigenvalue weighted by Crippen LogP contribution is 2.31. The van der Waals surface area contributed by atoms with Gasteiger partial charge in [-0.25, -0.2) is 0 Å². The highest BCUT2D eigenvalue weighted by molar-refractivity contribution is 5.85. The van der Waals surface area contributed by atoms with Gasteiger partial charge in [0.2, 0.25) is 5.91 Å². The van der Waals surface area contributed by atoms with E-state index in [1.807, 2.05) is 51.4 Å². The Hall–Kier alpha value is -2.80. The summed E-state index contributed by atoms with van der Waals surface area (Å²) < 4.78 is 13.2. The second kappa shape index (κ2) is 7.61. The van der Waals surface area contributed by atoms with Gasteiger partial charge >= 0.3 is 0 Å². The Kier molecular flexibility index (Phi) is 5.27. The molecule has 7 nitrogen and oxygen atoms in total. The molecular weight excluding hydrogens is 332 g/mol. The summed E-state index contributed by atoms with van der Waals surface area (Å²) in [7, 11) is 3.57. The molecule has 2 atom stereocenters. The van der Waals surface area contributed by atoms with E-state index < -0.39 is 6.04 Å². The van der Waals surface area contributed by atoms with E-state index in [0.29, 0.717) is 23.7 Å². The van der Waals surface area contributed by atoms with Crippen LogP contribution in [0.2, 0.25) is 0 Å². The molecule has 3 aromatic rings. The molecule has 0 saturated heterocycles. The number of nitrogens with zero attached hydrogens (tertiary/aromatic N) is 2. The molecule has 0 fully saturated rings. The number of benzene rings is 1. The van der Waals surface area contributed by atoms with Crippen molar-refractivity contribution in [2.24, 2.45) is 7.05 Å². The van der Waals surface area contributed by atoms with Gasteiger partial charge in [0.1, 0.15) is 11.8 Å². The molecule has 0 bridgehead atoms. The predicted molar refractivity (Wildman–Crippen MR) is 98.9 cm³/mol. The monoisotopic (exact) mass is 356 g/mol. The van der Waals surface area contributed by atoms with Crippen molar-refractivity contribution < 1.29 is 13.9 Å². The van der Waals surface area contributed by atoms with Crippen molar-refractivity contribution in [2.45, 2.75) is 25.9 Å². The fourth-order valence-electron chi connectivity index (χ4n) is 2.95. The first-order valence-electron chi connectivity index (χ1n) is 8.65. The lowest BCUT2D eigenvalue weighted by atomic mass is 10.1. The van der Waals surface area contributed by atoms with E-state index in [4.69, 9.17) is 9.15 Å². The average molecular weight is 356 g/mol. The summed E-state index contributed by atoms with van der Waals surface area (Å²) in [6, 6.07) is 6.94.